The van der Waals surface area contributed by atoms with E-state index in [1.165, 1.54) is 32.4 Å². The van der Waals surface area contributed by atoms with Crippen molar-refractivity contribution in [1.82, 2.24) is 14.9 Å². The SMILES string of the molecule is CCCCc1cc(=O)[nH]c(SCCN2CCCCC2)n1. The topological polar surface area (TPSA) is 49.0 Å². The van der Waals surface area contributed by atoms with E-state index < -0.39 is 0 Å². The second kappa shape index (κ2) is 8.47. The third kappa shape index (κ3) is 5.29. The van der Waals surface area contributed by atoms with Gasteiger partial charge in [0, 0.05) is 24.1 Å². The number of likely N-dealkylation sites (tertiary alicyclic amines) is 1. The maximum atomic E-state index is 11.6. The molecular formula is C15H25N3OS. The molecule has 1 fully saturated rings. The van der Waals surface area contributed by atoms with E-state index >= 15 is 0 Å². The summed E-state index contributed by atoms with van der Waals surface area (Å²) in [6, 6.07) is 1.63. The van der Waals surface area contributed by atoms with Crippen molar-refractivity contribution in [2.75, 3.05) is 25.4 Å². The zero-order chi connectivity index (χ0) is 14.2. The molecule has 0 bridgehead atoms. The highest BCUT2D eigenvalue weighted by molar-refractivity contribution is 7.99. The Kier molecular flexibility index (Phi) is 6.60. The number of piperidine rings is 1. The lowest BCUT2D eigenvalue weighted by Gasteiger charge is -2.25. The number of thioether (sulfide) groups is 1. The first-order chi connectivity index (χ1) is 9.78. The molecule has 1 aliphatic heterocycles. The number of unbranched alkanes of at least 4 members (excludes halogenated alkanes) is 1. The molecule has 1 aliphatic rings. The van der Waals surface area contributed by atoms with Gasteiger partial charge < -0.3 is 9.88 Å². The molecule has 0 amide bonds. The van der Waals surface area contributed by atoms with E-state index in [2.05, 4.69) is 21.8 Å². The molecule has 4 nitrogen and oxygen atoms in total. The molecule has 0 spiro atoms. The van der Waals surface area contributed by atoms with E-state index in [9.17, 15) is 4.79 Å². The van der Waals surface area contributed by atoms with Crippen LogP contribution >= 0.6 is 11.8 Å². The normalized spacial score (nSPS) is 16.4. The van der Waals surface area contributed by atoms with Crippen LogP contribution in [0.5, 0.6) is 0 Å². The lowest BCUT2D eigenvalue weighted by Crippen LogP contribution is -2.31. The van der Waals surface area contributed by atoms with Crippen molar-refractivity contribution in [3.8, 4) is 0 Å². The third-order valence-corrected chi connectivity index (χ3v) is 4.51. The highest BCUT2D eigenvalue weighted by atomic mass is 32.2. The van der Waals surface area contributed by atoms with E-state index in [-0.39, 0.29) is 5.56 Å². The molecule has 0 aromatic carbocycles. The number of nitrogens with one attached hydrogen (secondary N) is 1. The van der Waals surface area contributed by atoms with Crippen molar-refractivity contribution >= 4 is 11.8 Å². The average Bonchev–Trinajstić information content (AvgIpc) is 2.46. The van der Waals surface area contributed by atoms with Crippen molar-refractivity contribution in [3.63, 3.8) is 0 Å². The van der Waals surface area contributed by atoms with Gasteiger partial charge in [0.05, 0.1) is 0 Å². The molecular weight excluding hydrogens is 270 g/mol. The molecule has 1 N–H and O–H groups in total. The van der Waals surface area contributed by atoms with Crippen LogP contribution in [-0.4, -0.2) is 40.3 Å². The number of rotatable bonds is 7. The van der Waals surface area contributed by atoms with E-state index in [0.29, 0.717) is 0 Å². The molecule has 0 aliphatic carbocycles. The Hall–Kier alpha value is -0.810. The van der Waals surface area contributed by atoms with Crippen molar-refractivity contribution < 1.29 is 0 Å². The molecule has 0 saturated carbocycles. The van der Waals surface area contributed by atoms with Gasteiger partial charge in [-0.25, -0.2) is 4.98 Å². The van der Waals surface area contributed by atoms with Crippen molar-refractivity contribution in [2.45, 2.75) is 50.6 Å². The van der Waals surface area contributed by atoms with Crippen molar-refractivity contribution in [2.24, 2.45) is 0 Å². The van der Waals surface area contributed by atoms with Crippen LogP contribution in [0.25, 0.3) is 0 Å². The Morgan fingerprint density at radius 2 is 2.15 bits per heavy atom. The molecule has 0 radical (unpaired) electrons. The number of hydrogen-bond acceptors (Lipinski definition) is 4. The first-order valence-electron chi connectivity index (χ1n) is 7.73. The van der Waals surface area contributed by atoms with Crippen molar-refractivity contribution in [3.05, 3.63) is 22.1 Å². The number of aromatic amines is 1. The highest BCUT2D eigenvalue weighted by Crippen LogP contribution is 2.14. The van der Waals surface area contributed by atoms with Gasteiger partial charge >= 0.3 is 0 Å². The number of H-pyrrole nitrogens is 1. The van der Waals surface area contributed by atoms with Gasteiger partial charge in [-0.15, -0.1) is 0 Å². The number of aromatic nitrogens is 2. The predicted octanol–water partition coefficient (Wildman–Crippen LogP) is 2.69. The Balaban J connectivity index is 1.82. The maximum absolute atomic E-state index is 11.6. The molecule has 2 heterocycles. The molecule has 20 heavy (non-hydrogen) atoms. The quantitative estimate of drug-likeness (QED) is 0.620. The zero-order valence-corrected chi connectivity index (χ0v) is 13.2. The minimum atomic E-state index is -0.0217. The van der Waals surface area contributed by atoms with Gasteiger partial charge in [0.15, 0.2) is 5.16 Å². The summed E-state index contributed by atoms with van der Waals surface area (Å²) in [6.07, 6.45) is 7.15. The van der Waals surface area contributed by atoms with Gasteiger partial charge in [-0.05, 0) is 38.8 Å². The summed E-state index contributed by atoms with van der Waals surface area (Å²) < 4.78 is 0. The van der Waals surface area contributed by atoms with Gasteiger partial charge in [-0.2, -0.15) is 0 Å². The second-order valence-electron chi connectivity index (χ2n) is 5.40. The molecule has 1 aromatic heterocycles. The van der Waals surface area contributed by atoms with E-state index in [1.54, 1.807) is 17.8 Å². The number of nitrogens with zero attached hydrogens (tertiary/aromatic N) is 2. The lowest BCUT2D eigenvalue weighted by atomic mass is 10.1. The standard InChI is InChI=1S/C15H25N3OS/c1-2-3-7-13-12-14(19)17-15(16-13)20-11-10-18-8-5-4-6-9-18/h12H,2-11H2,1H3,(H,16,17,19). The molecule has 0 atom stereocenters. The maximum Gasteiger partial charge on any atom is 0.251 e. The van der Waals surface area contributed by atoms with Crippen LogP contribution < -0.4 is 5.56 Å². The Bertz CT molecular complexity index is 455. The van der Waals surface area contributed by atoms with Crippen LogP contribution in [0.4, 0.5) is 0 Å². The van der Waals surface area contributed by atoms with E-state index in [1.807, 2.05) is 0 Å². The summed E-state index contributed by atoms with van der Waals surface area (Å²) in [7, 11) is 0. The van der Waals surface area contributed by atoms with E-state index in [0.717, 1.165) is 42.4 Å². The fraction of sp³-hybridized carbons (Fsp3) is 0.733. The highest BCUT2D eigenvalue weighted by Gasteiger charge is 2.10. The summed E-state index contributed by atoms with van der Waals surface area (Å²) in [4.78, 5) is 21.5. The number of hydrogen-bond donors (Lipinski definition) is 1. The van der Waals surface area contributed by atoms with Crippen LogP contribution in [0.1, 0.15) is 44.7 Å². The van der Waals surface area contributed by atoms with Crippen LogP contribution in [0.2, 0.25) is 0 Å². The van der Waals surface area contributed by atoms with Crippen LogP contribution in [0.15, 0.2) is 16.0 Å². The van der Waals surface area contributed by atoms with E-state index in [4.69, 9.17) is 0 Å². The molecule has 1 saturated heterocycles. The summed E-state index contributed by atoms with van der Waals surface area (Å²) in [5, 5.41) is 0.778. The summed E-state index contributed by atoms with van der Waals surface area (Å²) in [5.41, 5.74) is 0.905. The van der Waals surface area contributed by atoms with Gasteiger partial charge in [-0.3, -0.25) is 4.79 Å². The molecule has 0 unspecified atom stereocenters. The van der Waals surface area contributed by atoms with Crippen LogP contribution in [0, 0.1) is 0 Å². The van der Waals surface area contributed by atoms with Crippen LogP contribution in [0.3, 0.4) is 0 Å². The van der Waals surface area contributed by atoms with Crippen LogP contribution in [-0.2, 0) is 6.42 Å². The van der Waals surface area contributed by atoms with Gasteiger partial charge in [0.25, 0.3) is 5.56 Å². The van der Waals surface area contributed by atoms with Crippen molar-refractivity contribution in [1.29, 1.82) is 0 Å². The molecule has 112 valence electrons. The number of aryl methyl sites for hydroxylation is 1. The fourth-order valence-corrected chi connectivity index (χ4v) is 3.39. The first kappa shape index (κ1) is 15.6. The smallest absolute Gasteiger partial charge is 0.251 e. The Labute approximate surface area is 125 Å². The average molecular weight is 295 g/mol. The third-order valence-electron chi connectivity index (χ3n) is 3.65. The summed E-state index contributed by atoms with van der Waals surface area (Å²) in [6.45, 7) is 5.69. The molecule has 1 aromatic rings. The second-order valence-corrected chi connectivity index (χ2v) is 6.48. The lowest BCUT2D eigenvalue weighted by molar-refractivity contribution is 0.242. The fourth-order valence-electron chi connectivity index (χ4n) is 2.49. The van der Waals surface area contributed by atoms with Gasteiger partial charge in [0.1, 0.15) is 0 Å². The monoisotopic (exact) mass is 295 g/mol. The largest absolute Gasteiger partial charge is 0.303 e. The summed E-state index contributed by atoms with van der Waals surface area (Å²) in [5.74, 6) is 1.00. The van der Waals surface area contributed by atoms with Gasteiger partial charge in [-0.1, -0.05) is 31.5 Å². The first-order valence-corrected chi connectivity index (χ1v) is 8.72. The predicted molar refractivity (Wildman–Crippen MR) is 84.5 cm³/mol. The van der Waals surface area contributed by atoms with Gasteiger partial charge in [0.2, 0.25) is 0 Å². The minimum Gasteiger partial charge on any atom is -0.303 e. The Morgan fingerprint density at radius 1 is 1.35 bits per heavy atom. The molecule has 2 rings (SSSR count). The molecule has 5 heteroatoms. The Morgan fingerprint density at radius 3 is 2.90 bits per heavy atom. The minimum absolute atomic E-state index is 0.0217. The summed E-state index contributed by atoms with van der Waals surface area (Å²) >= 11 is 1.67. The zero-order valence-electron chi connectivity index (χ0n) is 12.4.